The number of amides is 1. The van der Waals surface area contributed by atoms with E-state index in [2.05, 4.69) is 15.3 Å². The van der Waals surface area contributed by atoms with E-state index in [9.17, 15) is 13.2 Å². The van der Waals surface area contributed by atoms with Gasteiger partial charge in [0.15, 0.2) is 15.6 Å². The van der Waals surface area contributed by atoms with Crippen LogP contribution >= 0.6 is 11.6 Å². The lowest BCUT2D eigenvalue weighted by Gasteiger charge is -2.10. The summed E-state index contributed by atoms with van der Waals surface area (Å²) >= 11 is 6.03. The molecule has 0 spiro atoms. The maximum Gasteiger partial charge on any atom is 0.257 e. The van der Waals surface area contributed by atoms with Crippen LogP contribution in [0.1, 0.15) is 10.4 Å². The summed E-state index contributed by atoms with van der Waals surface area (Å²) in [6.07, 6.45) is 7.60. The van der Waals surface area contributed by atoms with E-state index in [1.165, 1.54) is 18.2 Å². The highest BCUT2D eigenvalue weighted by Gasteiger charge is 2.18. The van der Waals surface area contributed by atoms with E-state index in [4.69, 9.17) is 16.3 Å². The molecule has 1 amide bonds. The van der Waals surface area contributed by atoms with Gasteiger partial charge < -0.3 is 14.6 Å². The van der Waals surface area contributed by atoms with E-state index >= 15 is 0 Å². The van der Waals surface area contributed by atoms with Crippen molar-refractivity contribution in [2.45, 2.75) is 4.90 Å². The fourth-order valence-electron chi connectivity index (χ4n) is 3.18. The molecule has 33 heavy (non-hydrogen) atoms. The highest BCUT2D eigenvalue weighted by atomic mass is 35.5. The summed E-state index contributed by atoms with van der Waals surface area (Å²) in [5.41, 5.74) is 1.83. The number of nitrogens with one attached hydrogen (secondary N) is 1. The second-order valence-electron chi connectivity index (χ2n) is 7.27. The molecule has 0 saturated heterocycles. The predicted octanol–water partition coefficient (Wildman–Crippen LogP) is 4.58. The van der Waals surface area contributed by atoms with Gasteiger partial charge in [-0.3, -0.25) is 14.8 Å². The average molecular weight is 483 g/mol. The molecule has 10 heteroatoms. The number of nitrogens with zero attached hydrogens (tertiary/aromatic N) is 3. The van der Waals surface area contributed by atoms with E-state index in [1.807, 2.05) is 0 Å². The number of benzene rings is 1. The highest BCUT2D eigenvalue weighted by molar-refractivity contribution is 7.90. The molecule has 1 aromatic carbocycles. The highest BCUT2D eigenvalue weighted by Crippen LogP contribution is 2.32. The topological polar surface area (TPSA) is 103 Å². The van der Waals surface area contributed by atoms with E-state index in [1.54, 1.807) is 66.7 Å². The zero-order valence-electron chi connectivity index (χ0n) is 17.7. The van der Waals surface area contributed by atoms with Crippen LogP contribution in [0.4, 0.5) is 5.69 Å². The Kier molecular flexibility index (Phi) is 6.17. The van der Waals surface area contributed by atoms with Crippen LogP contribution in [-0.4, -0.2) is 35.1 Å². The minimum Gasteiger partial charge on any atom is -0.453 e. The van der Waals surface area contributed by atoms with Gasteiger partial charge >= 0.3 is 0 Å². The van der Waals surface area contributed by atoms with E-state index in [-0.39, 0.29) is 15.6 Å². The van der Waals surface area contributed by atoms with Gasteiger partial charge in [0.25, 0.3) is 5.91 Å². The minimum absolute atomic E-state index is 0.0183. The van der Waals surface area contributed by atoms with Crippen molar-refractivity contribution in [1.29, 1.82) is 0 Å². The maximum atomic E-state index is 12.9. The molecule has 8 nitrogen and oxygen atoms in total. The van der Waals surface area contributed by atoms with Crippen molar-refractivity contribution in [2.24, 2.45) is 7.05 Å². The van der Waals surface area contributed by atoms with Gasteiger partial charge in [-0.25, -0.2) is 8.42 Å². The number of carbonyl (C=O) groups excluding carboxylic acids is 1. The molecule has 0 aliphatic rings. The molecular weight excluding hydrogens is 464 g/mol. The van der Waals surface area contributed by atoms with Crippen LogP contribution in [-0.2, 0) is 16.9 Å². The Hall–Kier alpha value is -3.69. The van der Waals surface area contributed by atoms with Gasteiger partial charge in [-0.05, 0) is 48.5 Å². The lowest BCUT2D eigenvalue weighted by atomic mass is 10.2. The monoisotopic (exact) mass is 482 g/mol. The third-order valence-corrected chi connectivity index (χ3v) is 6.01. The summed E-state index contributed by atoms with van der Waals surface area (Å²) in [6, 6.07) is 12.9. The first-order valence-electron chi connectivity index (χ1n) is 9.72. The summed E-state index contributed by atoms with van der Waals surface area (Å²) in [5, 5.41) is 2.90. The summed E-state index contributed by atoms with van der Waals surface area (Å²) in [4.78, 5) is 21.4. The van der Waals surface area contributed by atoms with Gasteiger partial charge in [0.2, 0.25) is 0 Å². The lowest BCUT2D eigenvalue weighted by Crippen LogP contribution is -2.11. The zero-order chi connectivity index (χ0) is 23.6. The molecule has 1 N–H and O–H groups in total. The fraction of sp³-hybridized carbons (Fsp3) is 0.0870. The quantitative estimate of drug-likeness (QED) is 0.431. The van der Waals surface area contributed by atoms with Gasteiger partial charge in [0, 0.05) is 42.6 Å². The number of aryl methyl sites for hydroxylation is 1. The molecule has 0 fully saturated rings. The van der Waals surface area contributed by atoms with Crippen molar-refractivity contribution in [1.82, 2.24) is 14.5 Å². The minimum atomic E-state index is -3.48. The molecule has 0 aliphatic heterocycles. The second kappa shape index (κ2) is 9.05. The van der Waals surface area contributed by atoms with Crippen LogP contribution in [0.3, 0.4) is 0 Å². The molecule has 3 aromatic heterocycles. The number of pyridine rings is 2. The van der Waals surface area contributed by atoms with Crippen LogP contribution in [0.25, 0.3) is 11.4 Å². The average Bonchev–Trinajstić information content (AvgIpc) is 3.15. The Morgan fingerprint density at radius 2 is 1.91 bits per heavy atom. The number of carbonyl (C=O) groups is 1. The SMILES string of the molecule is Cn1cc(C(=O)Nc2cc(Cl)cc(S(C)(=O)=O)c2)cc1-c1ncccc1Oc1cccnc1. The Bertz CT molecular complexity index is 1440. The normalized spacial score (nSPS) is 11.2. The van der Waals surface area contributed by atoms with Crippen molar-refractivity contribution in [2.75, 3.05) is 11.6 Å². The van der Waals surface area contributed by atoms with Gasteiger partial charge in [-0.15, -0.1) is 0 Å². The van der Waals surface area contributed by atoms with E-state index in [0.717, 1.165) is 6.26 Å². The first-order valence-corrected chi connectivity index (χ1v) is 12.0. The van der Waals surface area contributed by atoms with Crippen molar-refractivity contribution in [3.05, 3.63) is 83.9 Å². The van der Waals surface area contributed by atoms with Gasteiger partial charge in [0.1, 0.15) is 11.4 Å². The van der Waals surface area contributed by atoms with Gasteiger partial charge in [0.05, 0.1) is 22.3 Å². The van der Waals surface area contributed by atoms with E-state index < -0.39 is 15.7 Å². The molecule has 0 bridgehead atoms. The number of rotatable bonds is 6. The van der Waals surface area contributed by atoms with Crippen LogP contribution in [0.5, 0.6) is 11.5 Å². The Morgan fingerprint density at radius 3 is 2.64 bits per heavy atom. The molecular formula is C23H19ClN4O4S. The third kappa shape index (κ3) is 5.21. The fourth-order valence-corrected chi connectivity index (χ4v) is 4.16. The van der Waals surface area contributed by atoms with Crippen molar-refractivity contribution in [3.8, 4) is 22.9 Å². The number of hydrogen-bond acceptors (Lipinski definition) is 6. The van der Waals surface area contributed by atoms with Crippen molar-refractivity contribution in [3.63, 3.8) is 0 Å². The van der Waals surface area contributed by atoms with Crippen molar-refractivity contribution < 1.29 is 17.9 Å². The molecule has 0 saturated carbocycles. The summed E-state index contributed by atoms with van der Waals surface area (Å²) < 4.78 is 31.4. The number of aromatic nitrogens is 3. The molecule has 0 unspecified atom stereocenters. The first-order chi connectivity index (χ1) is 15.7. The van der Waals surface area contributed by atoms with Gasteiger partial charge in [-0.1, -0.05) is 11.6 Å². The molecule has 4 rings (SSSR count). The van der Waals surface area contributed by atoms with Crippen LogP contribution < -0.4 is 10.1 Å². The Labute approximate surface area is 195 Å². The van der Waals surface area contributed by atoms with Crippen molar-refractivity contribution >= 4 is 33.0 Å². The number of hydrogen-bond donors (Lipinski definition) is 1. The standard InChI is InChI=1S/C23H19ClN4O4S/c1-28-14-15(23(29)27-17-10-16(24)11-19(12-17)33(2,30)31)9-20(28)22-21(6-4-8-26-22)32-18-5-3-7-25-13-18/h3-14H,1-2H3,(H,27,29). The zero-order valence-corrected chi connectivity index (χ0v) is 19.3. The maximum absolute atomic E-state index is 12.9. The second-order valence-corrected chi connectivity index (χ2v) is 9.72. The lowest BCUT2D eigenvalue weighted by molar-refractivity contribution is 0.102. The molecule has 0 aliphatic carbocycles. The number of sulfone groups is 1. The van der Waals surface area contributed by atoms with E-state index in [0.29, 0.717) is 28.5 Å². The number of ether oxygens (including phenoxy) is 1. The molecule has 0 atom stereocenters. The first kappa shape index (κ1) is 22.5. The van der Waals surface area contributed by atoms with Crippen LogP contribution in [0.2, 0.25) is 5.02 Å². The Morgan fingerprint density at radius 1 is 1.12 bits per heavy atom. The predicted molar refractivity (Wildman–Crippen MR) is 125 cm³/mol. The number of halogens is 1. The summed E-state index contributed by atoms with van der Waals surface area (Å²) in [7, 11) is -1.70. The Balaban J connectivity index is 1.63. The molecule has 4 aromatic rings. The van der Waals surface area contributed by atoms with Crippen LogP contribution in [0, 0.1) is 0 Å². The molecule has 0 radical (unpaired) electrons. The number of anilines is 1. The third-order valence-electron chi connectivity index (χ3n) is 4.70. The summed E-state index contributed by atoms with van der Waals surface area (Å²) in [6.45, 7) is 0. The summed E-state index contributed by atoms with van der Waals surface area (Å²) in [5.74, 6) is 0.636. The smallest absolute Gasteiger partial charge is 0.257 e. The van der Waals surface area contributed by atoms with Gasteiger partial charge in [-0.2, -0.15) is 0 Å². The van der Waals surface area contributed by atoms with Crippen LogP contribution in [0.15, 0.2) is 78.2 Å². The largest absolute Gasteiger partial charge is 0.453 e. The molecule has 3 heterocycles. The molecule has 168 valence electrons.